The second-order valence-electron chi connectivity index (χ2n) is 4.22. The zero-order chi connectivity index (χ0) is 13.6. The van der Waals surface area contributed by atoms with Crippen molar-refractivity contribution in [1.29, 1.82) is 0 Å². The predicted molar refractivity (Wildman–Crippen MR) is 74.0 cm³/mol. The van der Waals surface area contributed by atoms with Crippen LogP contribution in [0.3, 0.4) is 0 Å². The molecule has 2 N–H and O–H groups in total. The van der Waals surface area contributed by atoms with Crippen molar-refractivity contribution < 1.29 is 8.42 Å². The first-order valence-electron chi connectivity index (χ1n) is 6.31. The van der Waals surface area contributed by atoms with Gasteiger partial charge in [-0.2, -0.15) is 0 Å². The lowest BCUT2D eigenvalue weighted by Gasteiger charge is -2.12. The van der Waals surface area contributed by atoms with Crippen LogP contribution in [-0.4, -0.2) is 21.5 Å². The fraction of sp³-hybridized carbons (Fsp3) is 0.538. The van der Waals surface area contributed by atoms with E-state index in [0.29, 0.717) is 18.0 Å². The van der Waals surface area contributed by atoms with E-state index in [2.05, 4.69) is 17.0 Å². The molecule has 102 valence electrons. The SMILES string of the molecule is CCCNCc1cccc(S(=O)(=O)NCC)c1C. The first-order valence-corrected chi connectivity index (χ1v) is 7.80. The Morgan fingerprint density at radius 3 is 2.56 bits per heavy atom. The zero-order valence-electron chi connectivity index (χ0n) is 11.3. The van der Waals surface area contributed by atoms with Crippen LogP contribution in [0.15, 0.2) is 23.1 Å². The van der Waals surface area contributed by atoms with Crippen molar-refractivity contribution in [2.45, 2.75) is 38.6 Å². The van der Waals surface area contributed by atoms with Crippen molar-refractivity contribution in [3.8, 4) is 0 Å². The number of hydrogen-bond donors (Lipinski definition) is 2. The molecule has 0 saturated carbocycles. The summed E-state index contributed by atoms with van der Waals surface area (Å²) in [5.41, 5.74) is 1.85. The van der Waals surface area contributed by atoms with Crippen molar-refractivity contribution in [2.75, 3.05) is 13.1 Å². The summed E-state index contributed by atoms with van der Waals surface area (Å²) >= 11 is 0. The van der Waals surface area contributed by atoms with Crippen LogP contribution in [0.25, 0.3) is 0 Å². The number of benzene rings is 1. The summed E-state index contributed by atoms with van der Waals surface area (Å²) in [4.78, 5) is 0.375. The minimum atomic E-state index is -3.37. The molecule has 0 atom stereocenters. The van der Waals surface area contributed by atoms with Gasteiger partial charge in [0, 0.05) is 13.1 Å². The Hall–Kier alpha value is -0.910. The van der Waals surface area contributed by atoms with Crippen LogP contribution in [0, 0.1) is 6.92 Å². The Balaban J connectivity index is 2.98. The summed E-state index contributed by atoms with van der Waals surface area (Å²) in [6.45, 7) is 7.78. The fourth-order valence-corrected chi connectivity index (χ4v) is 3.14. The maximum absolute atomic E-state index is 12.0. The second kappa shape index (κ2) is 6.87. The average molecular weight is 270 g/mol. The van der Waals surface area contributed by atoms with Gasteiger partial charge in [-0.1, -0.05) is 26.0 Å². The van der Waals surface area contributed by atoms with Gasteiger partial charge in [0.05, 0.1) is 4.90 Å². The third kappa shape index (κ3) is 3.80. The van der Waals surface area contributed by atoms with E-state index in [1.165, 1.54) is 0 Å². The molecular formula is C13H22N2O2S. The van der Waals surface area contributed by atoms with Gasteiger partial charge in [-0.15, -0.1) is 0 Å². The fourth-order valence-electron chi connectivity index (χ4n) is 1.81. The average Bonchev–Trinajstić information content (AvgIpc) is 2.31. The Labute approximate surface area is 110 Å². The summed E-state index contributed by atoms with van der Waals surface area (Å²) < 4.78 is 26.5. The van der Waals surface area contributed by atoms with E-state index in [9.17, 15) is 8.42 Å². The lowest BCUT2D eigenvalue weighted by Crippen LogP contribution is -2.24. The van der Waals surface area contributed by atoms with E-state index >= 15 is 0 Å². The molecule has 0 spiro atoms. The molecular weight excluding hydrogens is 248 g/mol. The van der Waals surface area contributed by atoms with E-state index in [1.54, 1.807) is 19.1 Å². The van der Waals surface area contributed by atoms with Crippen LogP contribution in [0.2, 0.25) is 0 Å². The molecule has 0 aliphatic carbocycles. The van der Waals surface area contributed by atoms with E-state index in [-0.39, 0.29) is 0 Å². The van der Waals surface area contributed by atoms with Crippen LogP contribution >= 0.6 is 0 Å². The van der Waals surface area contributed by atoms with Gasteiger partial charge in [0.25, 0.3) is 0 Å². The third-order valence-electron chi connectivity index (χ3n) is 2.76. The van der Waals surface area contributed by atoms with Gasteiger partial charge in [-0.25, -0.2) is 13.1 Å². The van der Waals surface area contributed by atoms with Crippen molar-refractivity contribution in [1.82, 2.24) is 10.0 Å². The van der Waals surface area contributed by atoms with Crippen molar-refractivity contribution in [2.24, 2.45) is 0 Å². The highest BCUT2D eigenvalue weighted by atomic mass is 32.2. The molecule has 5 heteroatoms. The maximum Gasteiger partial charge on any atom is 0.240 e. The summed E-state index contributed by atoms with van der Waals surface area (Å²) in [5, 5.41) is 3.29. The van der Waals surface area contributed by atoms with Gasteiger partial charge >= 0.3 is 0 Å². The molecule has 0 aromatic heterocycles. The monoisotopic (exact) mass is 270 g/mol. The molecule has 0 aliphatic heterocycles. The molecule has 1 aromatic carbocycles. The Morgan fingerprint density at radius 2 is 1.94 bits per heavy atom. The van der Waals surface area contributed by atoms with Gasteiger partial charge in [-0.05, 0) is 37.1 Å². The highest BCUT2D eigenvalue weighted by molar-refractivity contribution is 7.89. The summed E-state index contributed by atoms with van der Waals surface area (Å²) in [6.07, 6.45) is 1.06. The van der Waals surface area contributed by atoms with Crippen LogP contribution < -0.4 is 10.0 Å². The molecule has 0 unspecified atom stereocenters. The van der Waals surface area contributed by atoms with Gasteiger partial charge in [0.1, 0.15) is 0 Å². The van der Waals surface area contributed by atoms with Crippen LogP contribution in [0.5, 0.6) is 0 Å². The summed E-state index contributed by atoms with van der Waals surface area (Å²) in [5.74, 6) is 0. The predicted octanol–water partition coefficient (Wildman–Crippen LogP) is 1.79. The smallest absolute Gasteiger partial charge is 0.240 e. The molecule has 0 bridgehead atoms. The van der Waals surface area contributed by atoms with Gasteiger partial charge in [0.2, 0.25) is 10.0 Å². The topological polar surface area (TPSA) is 58.2 Å². The first kappa shape index (κ1) is 15.1. The number of rotatable bonds is 7. The zero-order valence-corrected chi connectivity index (χ0v) is 12.1. The van der Waals surface area contributed by atoms with Crippen LogP contribution in [0.1, 0.15) is 31.4 Å². The molecule has 1 rings (SSSR count). The highest BCUT2D eigenvalue weighted by Crippen LogP contribution is 2.18. The van der Waals surface area contributed by atoms with E-state index < -0.39 is 10.0 Å². The standard InChI is InChI=1S/C13H22N2O2S/c1-4-9-14-10-12-7-6-8-13(11(12)3)18(16,17)15-5-2/h6-8,14-15H,4-5,9-10H2,1-3H3. The normalized spacial score (nSPS) is 11.7. The molecule has 0 aliphatic rings. The van der Waals surface area contributed by atoms with E-state index in [4.69, 9.17) is 0 Å². The Kier molecular flexibility index (Phi) is 5.78. The van der Waals surface area contributed by atoms with Crippen molar-refractivity contribution in [3.63, 3.8) is 0 Å². The van der Waals surface area contributed by atoms with Crippen LogP contribution in [-0.2, 0) is 16.6 Å². The van der Waals surface area contributed by atoms with E-state index in [1.807, 2.05) is 13.0 Å². The van der Waals surface area contributed by atoms with E-state index in [0.717, 1.165) is 24.1 Å². The first-order chi connectivity index (χ1) is 8.53. The largest absolute Gasteiger partial charge is 0.313 e. The molecule has 0 radical (unpaired) electrons. The number of sulfonamides is 1. The maximum atomic E-state index is 12.0. The summed E-state index contributed by atoms with van der Waals surface area (Å²) in [6, 6.07) is 5.40. The molecule has 0 fully saturated rings. The third-order valence-corrected chi connectivity index (χ3v) is 4.45. The lowest BCUT2D eigenvalue weighted by molar-refractivity contribution is 0.582. The Morgan fingerprint density at radius 1 is 1.22 bits per heavy atom. The minimum absolute atomic E-state index is 0.375. The second-order valence-corrected chi connectivity index (χ2v) is 5.95. The lowest BCUT2D eigenvalue weighted by atomic mass is 10.1. The minimum Gasteiger partial charge on any atom is -0.313 e. The Bertz CT molecular complexity index is 484. The van der Waals surface area contributed by atoms with Crippen LogP contribution in [0.4, 0.5) is 0 Å². The number of nitrogens with one attached hydrogen (secondary N) is 2. The van der Waals surface area contributed by atoms with Crippen molar-refractivity contribution >= 4 is 10.0 Å². The molecule has 0 amide bonds. The van der Waals surface area contributed by atoms with Crippen molar-refractivity contribution in [3.05, 3.63) is 29.3 Å². The molecule has 4 nitrogen and oxygen atoms in total. The molecule has 0 heterocycles. The number of hydrogen-bond acceptors (Lipinski definition) is 3. The molecule has 18 heavy (non-hydrogen) atoms. The summed E-state index contributed by atoms with van der Waals surface area (Å²) in [7, 11) is -3.37. The van der Waals surface area contributed by atoms with Gasteiger partial charge in [0.15, 0.2) is 0 Å². The highest BCUT2D eigenvalue weighted by Gasteiger charge is 2.16. The molecule has 1 aromatic rings. The quantitative estimate of drug-likeness (QED) is 0.743. The van der Waals surface area contributed by atoms with Gasteiger partial charge in [-0.3, -0.25) is 0 Å². The van der Waals surface area contributed by atoms with Gasteiger partial charge < -0.3 is 5.32 Å². The molecule has 0 saturated heterocycles.